The van der Waals surface area contributed by atoms with Gasteiger partial charge in [-0.15, -0.1) is 0 Å². The first-order valence-corrected chi connectivity index (χ1v) is 8.10. The van der Waals surface area contributed by atoms with Crippen LogP contribution >= 0.6 is 15.9 Å². The largest absolute Gasteiger partial charge is 0.496 e. The standard InChI is InChI=1S/C19H20BrNO2/c1-12-9-13(2)19(14(3)10-12)21-18(22)8-5-15-11-16(20)6-7-17(15)23-4/h5-11H,1-4H3,(H,21,22)/b8-5+. The van der Waals surface area contributed by atoms with Gasteiger partial charge in [-0.05, 0) is 56.2 Å². The molecular formula is C19H20BrNO2. The molecule has 2 aromatic carbocycles. The quantitative estimate of drug-likeness (QED) is 0.762. The van der Waals surface area contributed by atoms with E-state index in [4.69, 9.17) is 4.74 Å². The number of nitrogens with one attached hydrogen (secondary N) is 1. The normalized spacial score (nSPS) is 10.8. The maximum Gasteiger partial charge on any atom is 0.248 e. The number of rotatable bonds is 4. The van der Waals surface area contributed by atoms with Crippen LogP contribution in [0.2, 0.25) is 0 Å². The van der Waals surface area contributed by atoms with Crippen molar-refractivity contribution in [3.63, 3.8) is 0 Å². The number of aryl methyl sites for hydroxylation is 3. The molecule has 0 atom stereocenters. The molecule has 0 spiro atoms. The second-order valence-electron chi connectivity index (χ2n) is 5.48. The van der Waals surface area contributed by atoms with E-state index in [1.807, 2.05) is 39.0 Å². The maximum atomic E-state index is 12.2. The average molecular weight is 374 g/mol. The highest BCUT2D eigenvalue weighted by Gasteiger charge is 2.07. The number of carbonyl (C=O) groups excluding carboxylic acids is 1. The number of hydrogen-bond donors (Lipinski definition) is 1. The second-order valence-corrected chi connectivity index (χ2v) is 6.40. The van der Waals surface area contributed by atoms with Crippen LogP contribution in [0.4, 0.5) is 5.69 Å². The van der Waals surface area contributed by atoms with E-state index >= 15 is 0 Å². The molecule has 3 nitrogen and oxygen atoms in total. The molecule has 0 bridgehead atoms. The summed E-state index contributed by atoms with van der Waals surface area (Å²) in [4.78, 5) is 12.2. The zero-order chi connectivity index (χ0) is 17.0. The van der Waals surface area contributed by atoms with Gasteiger partial charge in [-0.25, -0.2) is 0 Å². The van der Waals surface area contributed by atoms with E-state index < -0.39 is 0 Å². The highest BCUT2D eigenvalue weighted by atomic mass is 79.9. The Morgan fingerprint density at radius 1 is 1.13 bits per heavy atom. The SMILES string of the molecule is COc1ccc(Br)cc1/C=C/C(=O)Nc1c(C)cc(C)cc1C. The van der Waals surface area contributed by atoms with Crippen LogP contribution in [0.25, 0.3) is 6.08 Å². The third kappa shape index (κ3) is 4.45. The molecule has 1 N–H and O–H groups in total. The van der Waals surface area contributed by atoms with E-state index in [9.17, 15) is 4.79 Å². The molecule has 0 aliphatic heterocycles. The lowest BCUT2D eigenvalue weighted by atomic mass is 10.1. The van der Waals surface area contributed by atoms with Gasteiger partial charge in [0.05, 0.1) is 7.11 Å². The van der Waals surface area contributed by atoms with Crippen molar-refractivity contribution in [2.45, 2.75) is 20.8 Å². The van der Waals surface area contributed by atoms with Crippen LogP contribution in [0.3, 0.4) is 0 Å². The van der Waals surface area contributed by atoms with Crippen LogP contribution < -0.4 is 10.1 Å². The van der Waals surface area contributed by atoms with Crippen LogP contribution in [-0.4, -0.2) is 13.0 Å². The molecule has 2 aromatic rings. The highest BCUT2D eigenvalue weighted by molar-refractivity contribution is 9.10. The molecule has 0 fully saturated rings. The van der Waals surface area contributed by atoms with Crippen LogP contribution in [0.5, 0.6) is 5.75 Å². The van der Waals surface area contributed by atoms with Gasteiger partial charge in [0, 0.05) is 21.8 Å². The average Bonchev–Trinajstić information content (AvgIpc) is 2.49. The Hall–Kier alpha value is -2.07. The zero-order valence-electron chi connectivity index (χ0n) is 13.7. The smallest absolute Gasteiger partial charge is 0.248 e. The number of benzene rings is 2. The minimum atomic E-state index is -0.165. The molecule has 0 heterocycles. The fourth-order valence-electron chi connectivity index (χ4n) is 2.54. The third-order valence-electron chi connectivity index (χ3n) is 3.53. The first-order valence-electron chi connectivity index (χ1n) is 7.31. The van der Waals surface area contributed by atoms with Crippen molar-refractivity contribution in [3.8, 4) is 5.75 Å². The number of carbonyl (C=O) groups is 1. The summed E-state index contributed by atoms with van der Waals surface area (Å²) >= 11 is 3.42. The number of amides is 1. The van der Waals surface area contributed by atoms with E-state index in [1.54, 1.807) is 13.2 Å². The lowest BCUT2D eigenvalue weighted by Crippen LogP contribution is -2.10. The summed E-state index contributed by atoms with van der Waals surface area (Å²) in [6.45, 7) is 6.04. The van der Waals surface area contributed by atoms with E-state index in [0.717, 1.165) is 32.6 Å². The molecule has 4 heteroatoms. The fourth-order valence-corrected chi connectivity index (χ4v) is 2.92. The number of hydrogen-bond acceptors (Lipinski definition) is 2. The Bertz CT molecular complexity index is 743. The first-order chi connectivity index (χ1) is 10.9. The molecule has 1 amide bonds. The van der Waals surface area contributed by atoms with Gasteiger partial charge in [-0.3, -0.25) is 4.79 Å². The van der Waals surface area contributed by atoms with Crippen molar-refractivity contribution in [1.29, 1.82) is 0 Å². The van der Waals surface area contributed by atoms with E-state index in [0.29, 0.717) is 0 Å². The summed E-state index contributed by atoms with van der Waals surface area (Å²) in [5, 5.41) is 2.95. The van der Waals surface area contributed by atoms with Gasteiger partial charge >= 0.3 is 0 Å². The van der Waals surface area contributed by atoms with Crippen molar-refractivity contribution in [2.75, 3.05) is 12.4 Å². The molecule has 23 heavy (non-hydrogen) atoms. The summed E-state index contributed by atoms with van der Waals surface area (Å²) in [5.74, 6) is 0.557. The molecule has 0 unspecified atom stereocenters. The Kier molecular flexibility index (Phi) is 5.61. The number of anilines is 1. The number of halogens is 1. The van der Waals surface area contributed by atoms with Crippen molar-refractivity contribution in [3.05, 3.63) is 63.1 Å². The van der Waals surface area contributed by atoms with Gasteiger partial charge in [0.2, 0.25) is 5.91 Å². The lowest BCUT2D eigenvalue weighted by Gasteiger charge is -2.11. The van der Waals surface area contributed by atoms with Crippen molar-refractivity contribution in [2.24, 2.45) is 0 Å². The molecule has 0 saturated carbocycles. The monoisotopic (exact) mass is 373 g/mol. The maximum absolute atomic E-state index is 12.2. The second kappa shape index (κ2) is 7.47. The summed E-state index contributed by atoms with van der Waals surface area (Å²) in [6.07, 6.45) is 3.26. The topological polar surface area (TPSA) is 38.3 Å². The molecule has 0 aliphatic rings. The van der Waals surface area contributed by atoms with Crippen LogP contribution in [-0.2, 0) is 4.79 Å². The summed E-state index contributed by atoms with van der Waals surface area (Å²) in [7, 11) is 1.61. The Morgan fingerprint density at radius 2 is 1.78 bits per heavy atom. The molecule has 2 rings (SSSR count). The molecular weight excluding hydrogens is 354 g/mol. The van der Waals surface area contributed by atoms with Crippen molar-refractivity contribution in [1.82, 2.24) is 0 Å². The van der Waals surface area contributed by atoms with Crippen molar-refractivity contribution < 1.29 is 9.53 Å². The van der Waals surface area contributed by atoms with E-state index in [-0.39, 0.29) is 5.91 Å². The zero-order valence-corrected chi connectivity index (χ0v) is 15.3. The van der Waals surface area contributed by atoms with E-state index in [2.05, 4.69) is 33.4 Å². The number of ether oxygens (including phenoxy) is 1. The summed E-state index contributed by atoms with van der Waals surface area (Å²) in [6, 6.07) is 9.78. The molecule has 120 valence electrons. The Morgan fingerprint density at radius 3 is 2.39 bits per heavy atom. The highest BCUT2D eigenvalue weighted by Crippen LogP contribution is 2.25. The molecule has 0 radical (unpaired) electrons. The summed E-state index contributed by atoms with van der Waals surface area (Å²) < 4.78 is 6.23. The molecule has 0 saturated heterocycles. The third-order valence-corrected chi connectivity index (χ3v) is 4.02. The fraction of sp³-hybridized carbons (Fsp3) is 0.211. The predicted octanol–water partition coefficient (Wildman–Crippen LogP) is 5.03. The predicted molar refractivity (Wildman–Crippen MR) is 99.0 cm³/mol. The van der Waals surface area contributed by atoms with Gasteiger partial charge in [0.1, 0.15) is 5.75 Å². The Balaban J connectivity index is 2.19. The van der Waals surface area contributed by atoms with Crippen LogP contribution in [0, 0.1) is 20.8 Å². The number of methoxy groups -OCH3 is 1. The van der Waals surface area contributed by atoms with Crippen LogP contribution in [0.1, 0.15) is 22.3 Å². The Labute approximate surface area is 145 Å². The lowest BCUT2D eigenvalue weighted by molar-refractivity contribution is -0.111. The first kappa shape index (κ1) is 17.3. The van der Waals surface area contributed by atoms with Gasteiger partial charge in [-0.2, -0.15) is 0 Å². The van der Waals surface area contributed by atoms with Crippen LogP contribution in [0.15, 0.2) is 40.9 Å². The van der Waals surface area contributed by atoms with Gasteiger partial charge < -0.3 is 10.1 Å². The van der Waals surface area contributed by atoms with Crippen molar-refractivity contribution >= 4 is 33.6 Å². The van der Waals surface area contributed by atoms with E-state index in [1.165, 1.54) is 11.6 Å². The molecule has 0 aliphatic carbocycles. The minimum absolute atomic E-state index is 0.165. The summed E-state index contributed by atoms with van der Waals surface area (Å²) in [5.41, 5.74) is 5.02. The molecule has 0 aromatic heterocycles. The van der Waals surface area contributed by atoms with Gasteiger partial charge in [0.15, 0.2) is 0 Å². The van der Waals surface area contributed by atoms with Gasteiger partial charge in [0.25, 0.3) is 0 Å². The van der Waals surface area contributed by atoms with Gasteiger partial charge in [-0.1, -0.05) is 33.6 Å². The minimum Gasteiger partial charge on any atom is -0.496 e.